The smallest absolute Gasteiger partial charge is 0.224 e. The summed E-state index contributed by atoms with van der Waals surface area (Å²) in [5.74, 6) is 2.78. The lowest BCUT2D eigenvalue weighted by Gasteiger charge is -2.10. The number of pyridine rings is 1. The summed E-state index contributed by atoms with van der Waals surface area (Å²) >= 11 is 0. The molecule has 0 fully saturated rings. The number of anilines is 2. The van der Waals surface area contributed by atoms with Crippen molar-refractivity contribution in [1.29, 1.82) is 0 Å². The van der Waals surface area contributed by atoms with Gasteiger partial charge < -0.3 is 24.5 Å². The second kappa shape index (κ2) is 9.45. The highest BCUT2D eigenvalue weighted by Gasteiger charge is 2.08. The number of carbonyl (C=O) groups is 1. The number of furan rings is 1. The Kier molecular flexibility index (Phi) is 6.51. The summed E-state index contributed by atoms with van der Waals surface area (Å²) in [6.45, 7) is 0.553. The van der Waals surface area contributed by atoms with Crippen LogP contribution in [-0.4, -0.2) is 25.1 Å². The number of hydrogen-bond donors (Lipinski definition) is 2. The molecule has 0 saturated carbocycles. The van der Waals surface area contributed by atoms with Crippen LogP contribution < -0.4 is 20.1 Å². The average molecular weight is 381 g/mol. The zero-order chi connectivity index (χ0) is 19.8. The number of aryl methyl sites for hydroxylation is 1. The van der Waals surface area contributed by atoms with Gasteiger partial charge in [0.2, 0.25) is 5.91 Å². The summed E-state index contributed by atoms with van der Waals surface area (Å²) < 4.78 is 15.8. The van der Waals surface area contributed by atoms with E-state index in [1.165, 1.54) is 0 Å². The lowest BCUT2D eigenvalue weighted by molar-refractivity contribution is -0.116. The first-order chi connectivity index (χ1) is 13.7. The number of methoxy groups -OCH3 is 2. The Hall–Kier alpha value is -3.48. The molecule has 0 aliphatic heterocycles. The molecule has 0 radical (unpaired) electrons. The number of hydrogen-bond acceptors (Lipinski definition) is 6. The van der Waals surface area contributed by atoms with E-state index in [2.05, 4.69) is 15.6 Å². The third kappa shape index (κ3) is 5.26. The Morgan fingerprint density at radius 3 is 2.64 bits per heavy atom. The molecule has 146 valence electrons. The van der Waals surface area contributed by atoms with E-state index >= 15 is 0 Å². The molecular weight excluding hydrogens is 358 g/mol. The second-order valence-corrected chi connectivity index (χ2v) is 6.10. The van der Waals surface area contributed by atoms with Crippen LogP contribution in [0.15, 0.2) is 59.3 Å². The largest absolute Gasteiger partial charge is 0.493 e. The highest BCUT2D eigenvalue weighted by Crippen LogP contribution is 2.28. The molecule has 7 nitrogen and oxygen atoms in total. The standard InChI is InChI=1S/C21H23N3O4/c1-26-18-8-5-15(12-19(18)27-2)6-10-21(25)24-16-7-9-20(22-13-16)23-14-17-4-3-11-28-17/h3-5,7-9,11-13H,6,10,14H2,1-2H3,(H,22,23)(H,24,25). The fourth-order valence-electron chi connectivity index (χ4n) is 2.68. The van der Waals surface area contributed by atoms with Crippen LogP contribution in [0.5, 0.6) is 11.5 Å². The van der Waals surface area contributed by atoms with Crippen molar-refractivity contribution in [2.75, 3.05) is 24.9 Å². The Bertz CT molecular complexity index is 893. The van der Waals surface area contributed by atoms with Gasteiger partial charge in [0.05, 0.1) is 38.9 Å². The van der Waals surface area contributed by atoms with Crippen LogP contribution in [0.1, 0.15) is 17.7 Å². The molecule has 0 aliphatic carbocycles. The van der Waals surface area contributed by atoms with Gasteiger partial charge in [-0.05, 0) is 48.4 Å². The molecule has 0 bridgehead atoms. The Morgan fingerprint density at radius 2 is 1.96 bits per heavy atom. The molecule has 0 aliphatic rings. The summed E-state index contributed by atoms with van der Waals surface area (Å²) in [5.41, 5.74) is 1.66. The quantitative estimate of drug-likeness (QED) is 0.585. The van der Waals surface area contributed by atoms with Crippen LogP contribution in [0.25, 0.3) is 0 Å². The maximum absolute atomic E-state index is 12.2. The van der Waals surface area contributed by atoms with E-state index in [9.17, 15) is 4.79 Å². The molecule has 1 amide bonds. The van der Waals surface area contributed by atoms with Crippen molar-refractivity contribution in [3.05, 3.63) is 66.2 Å². The molecule has 0 saturated heterocycles. The van der Waals surface area contributed by atoms with E-state index in [4.69, 9.17) is 13.9 Å². The van der Waals surface area contributed by atoms with E-state index in [1.807, 2.05) is 42.5 Å². The predicted molar refractivity (Wildman–Crippen MR) is 107 cm³/mol. The van der Waals surface area contributed by atoms with Gasteiger partial charge in [0.1, 0.15) is 11.6 Å². The predicted octanol–water partition coefficient (Wildman–Crippen LogP) is 3.88. The molecule has 2 aromatic heterocycles. The minimum Gasteiger partial charge on any atom is -0.493 e. The maximum atomic E-state index is 12.2. The SMILES string of the molecule is COc1ccc(CCC(=O)Nc2ccc(NCc3ccco3)nc2)cc1OC. The van der Waals surface area contributed by atoms with E-state index < -0.39 is 0 Å². The zero-order valence-corrected chi connectivity index (χ0v) is 15.9. The van der Waals surface area contributed by atoms with Gasteiger partial charge >= 0.3 is 0 Å². The fourth-order valence-corrected chi connectivity index (χ4v) is 2.68. The molecule has 0 spiro atoms. The summed E-state index contributed by atoms with van der Waals surface area (Å²) in [4.78, 5) is 16.5. The lowest BCUT2D eigenvalue weighted by Crippen LogP contribution is -2.12. The fraction of sp³-hybridized carbons (Fsp3) is 0.238. The molecule has 28 heavy (non-hydrogen) atoms. The van der Waals surface area contributed by atoms with E-state index in [-0.39, 0.29) is 5.91 Å². The number of carbonyl (C=O) groups excluding carboxylic acids is 1. The number of amides is 1. The molecule has 0 unspecified atom stereocenters. The highest BCUT2D eigenvalue weighted by atomic mass is 16.5. The van der Waals surface area contributed by atoms with Gasteiger partial charge in [0.15, 0.2) is 11.5 Å². The van der Waals surface area contributed by atoms with Crippen molar-refractivity contribution < 1.29 is 18.7 Å². The van der Waals surface area contributed by atoms with Crippen molar-refractivity contribution in [2.24, 2.45) is 0 Å². The van der Waals surface area contributed by atoms with Crippen molar-refractivity contribution in [3.8, 4) is 11.5 Å². The Labute approximate surface area is 163 Å². The second-order valence-electron chi connectivity index (χ2n) is 6.10. The summed E-state index contributed by atoms with van der Waals surface area (Å²) in [5, 5.41) is 6.01. The minimum atomic E-state index is -0.0760. The van der Waals surface area contributed by atoms with E-state index in [0.29, 0.717) is 42.4 Å². The topological polar surface area (TPSA) is 85.6 Å². The van der Waals surface area contributed by atoms with Crippen molar-refractivity contribution in [2.45, 2.75) is 19.4 Å². The molecule has 2 N–H and O–H groups in total. The van der Waals surface area contributed by atoms with Crippen LogP contribution in [0.3, 0.4) is 0 Å². The van der Waals surface area contributed by atoms with E-state index in [0.717, 1.165) is 11.3 Å². The first-order valence-corrected chi connectivity index (χ1v) is 8.91. The third-order valence-electron chi connectivity index (χ3n) is 4.16. The summed E-state index contributed by atoms with van der Waals surface area (Å²) in [7, 11) is 3.19. The van der Waals surface area contributed by atoms with Crippen LogP contribution in [-0.2, 0) is 17.8 Å². The average Bonchev–Trinajstić information content (AvgIpc) is 3.25. The maximum Gasteiger partial charge on any atom is 0.224 e. The molecule has 1 aromatic carbocycles. The molecular formula is C21H23N3O4. The number of ether oxygens (including phenoxy) is 2. The van der Waals surface area contributed by atoms with Gasteiger partial charge in [0.25, 0.3) is 0 Å². The lowest BCUT2D eigenvalue weighted by atomic mass is 10.1. The number of rotatable bonds is 9. The summed E-state index contributed by atoms with van der Waals surface area (Å²) in [6.07, 6.45) is 4.21. The first-order valence-electron chi connectivity index (χ1n) is 8.91. The number of nitrogens with zero attached hydrogens (tertiary/aromatic N) is 1. The van der Waals surface area contributed by atoms with Gasteiger partial charge in [-0.2, -0.15) is 0 Å². The van der Waals surface area contributed by atoms with Gasteiger partial charge in [-0.3, -0.25) is 4.79 Å². The third-order valence-corrected chi connectivity index (χ3v) is 4.16. The van der Waals surface area contributed by atoms with Crippen LogP contribution in [0.4, 0.5) is 11.5 Å². The van der Waals surface area contributed by atoms with Gasteiger partial charge in [-0.1, -0.05) is 6.07 Å². The van der Waals surface area contributed by atoms with Crippen molar-refractivity contribution >= 4 is 17.4 Å². The Balaban J connectivity index is 1.48. The molecule has 3 rings (SSSR count). The first kappa shape index (κ1) is 19.3. The van der Waals surface area contributed by atoms with Crippen molar-refractivity contribution in [3.63, 3.8) is 0 Å². The van der Waals surface area contributed by atoms with Crippen molar-refractivity contribution in [1.82, 2.24) is 4.98 Å². The number of aromatic nitrogens is 1. The molecule has 2 heterocycles. The summed E-state index contributed by atoms with van der Waals surface area (Å²) in [6, 6.07) is 13.0. The normalized spacial score (nSPS) is 10.4. The molecule has 7 heteroatoms. The highest BCUT2D eigenvalue weighted by molar-refractivity contribution is 5.90. The molecule has 3 aromatic rings. The number of nitrogens with one attached hydrogen (secondary N) is 2. The van der Waals surface area contributed by atoms with Gasteiger partial charge in [0, 0.05) is 6.42 Å². The van der Waals surface area contributed by atoms with Gasteiger partial charge in [-0.15, -0.1) is 0 Å². The minimum absolute atomic E-state index is 0.0760. The monoisotopic (exact) mass is 381 g/mol. The van der Waals surface area contributed by atoms with E-state index in [1.54, 1.807) is 26.7 Å². The number of benzene rings is 1. The van der Waals surface area contributed by atoms with Gasteiger partial charge in [-0.25, -0.2) is 4.98 Å². The zero-order valence-electron chi connectivity index (χ0n) is 15.9. The van der Waals surface area contributed by atoms with Crippen LogP contribution >= 0.6 is 0 Å². The van der Waals surface area contributed by atoms with Crippen LogP contribution in [0, 0.1) is 0 Å². The molecule has 0 atom stereocenters. The van der Waals surface area contributed by atoms with Crippen LogP contribution in [0.2, 0.25) is 0 Å². The Morgan fingerprint density at radius 1 is 1.11 bits per heavy atom.